The number of hydrogen-bond donors (Lipinski definition) is 1. The molecule has 8 nitrogen and oxygen atoms in total. The van der Waals surface area contributed by atoms with Crippen molar-refractivity contribution in [3.8, 4) is 11.1 Å². The summed E-state index contributed by atoms with van der Waals surface area (Å²) in [6.07, 6.45) is 1.37. The largest absolute Gasteiger partial charge is 0.461 e. The predicted molar refractivity (Wildman–Crippen MR) is 140 cm³/mol. The van der Waals surface area contributed by atoms with Gasteiger partial charge in [-0.15, -0.1) is 11.3 Å². The number of ether oxygens (including phenoxy) is 1. The van der Waals surface area contributed by atoms with Crippen LogP contribution in [0.1, 0.15) is 34.1 Å². The molecule has 0 saturated carbocycles. The van der Waals surface area contributed by atoms with E-state index in [0.717, 1.165) is 27.3 Å². The zero-order valence-electron chi connectivity index (χ0n) is 19.5. The number of rotatable bonds is 7. The van der Waals surface area contributed by atoms with Crippen LogP contribution in [0.25, 0.3) is 21.3 Å². The number of carbonyl (C=O) groups excluding carboxylic acids is 2. The number of amides is 1. The molecule has 0 saturated heterocycles. The van der Waals surface area contributed by atoms with E-state index in [2.05, 4.69) is 15.3 Å². The Hall–Kier alpha value is -3.08. The van der Waals surface area contributed by atoms with Gasteiger partial charge in [-0.25, -0.2) is 14.8 Å². The molecule has 0 aliphatic heterocycles. The summed E-state index contributed by atoms with van der Waals surface area (Å²) >= 11 is 8.48. The molecular formula is C24H23ClN4O4S2. The van der Waals surface area contributed by atoms with E-state index < -0.39 is 11.9 Å². The number of esters is 1. The van der Waals surface area contributed by atoms with E-state index >= 15 is 0 Å². The summed E-state index contributed by atoms with van der Waals surface area (Å²) in [5, 5.41) is 4.00. The molecule has 4 aromatic rings. The van der Waals surface area contributed by atoms with Crippen LogP contribution in [0.2, 0.25) is 5.02 Å². The Kier molecular flexibility index (Phi) is 7.34. The van der Waals surface area contributed by atoms with Crippen molar-refractivity contribution in [3.05, 3.63) is 61.4 Å². The zero-order chi connectivity index (χ0) is 25.3. The minimum Gasteiger partial charge on any atom is -0.461 e. The molecule has 11 heteroatoms. The first-order valence-corrected chi connectivity index (χ1v) is 12.8. The summed E-state index contributed by atoms with van der Waals surface area (Å²) in [6, 6.07) is 7.25. The van der Waals surface area contributed by atoms with Crippen LogP contribution in [0.5, 0.6) is 0 Å². The highest BCUT2D eigenvalue weighted by molar-refractivity contribution is 7.19. The first-order chi connectivity index (χ1) is 16.6. The number of hydrogen-bond acceptors (Lipinski definition) is 8. The van der Waals surface area contributed by atoms with E-state index in [0.29, 0.717) is 32.4 Å². The van der Waals surface area contributed by atoms with E-state index in [9.17, 15) is 14.4 Å². The van der Waals surface area contributed by atoms with Gasteiger partial charge >= 0.3 is 5.97 Å². The first-order valence-electron chi connectivity index (χ1n) is 10.8. The Morgan fingerprint density at radius 2 is 1.89 bits per heavy atom. The maximum absolute atomic E-state index is 13.3. The highest BCUT2D eigenvalue weighted by Crippen LogP contribution is 2.35. The first kappa shape index (κ1) is 25.0. The average Bonchev–Trinajstić information content (AvgIpc) is 3.33. The minimum absolute atomic E-state index is 0.211. The van der Waals surface area contributed by atoms with Crippen molar-refractivity contribution in [3.63, 3.8) is 0 Å². The Balaban J connectivity index is 1.56. The second kappa shape index (κ2) is 10.3. The molecule has 3 aromatic heterocycles. The Morgan fingerprint density at radius 1 is 1.17 bits per heavy atom. The standard InChI is InChI=1S/C24H23ClN4O4S2/c1-12(2)10-33-23(32)20-13(3)27-24(35-20)28-17(30)9-29-11-26-21-19(22(29)31)18(14(4)34-21)15-5-7-16(25)8-6-15/h5-8,11-12H,9-10H2,1-4H3,(H,27,28,30). The van der Waals surface area contributed by atoms with Gasteiger partial charge in [-0.1, -0.05) is 48.9 Å². The summed E-state index contributed by atoms with van der Waals surface area (Å²) < 4.78 is 6.52. The van der Waals surface area contributed by atoms with Crippen LogP contribution in [0, 0.1) is 19.8 Å². The minimum atomic E-state index is -0.470. The van der Waals surface area contributed by atoms with E-state index in [4.69, 9.17) is 16.3 Å². The summed E-state index contributed by atoms with van der Waals surface area (Å²) in [6.45, 7) is 7.56. The zero-order valence-corrected chi connectivity index (χ0v) is 21.9. The fraction of sp³-hybridized carbons (Fsp3) is 0.292. The fourth-order valence-corrected chi connectivity index (χ4v) is 5.48. The van der Waals surface area contributed by atoms with Crippen molar-refractivity contribution in [1.29, 1.82) is 0 Å². The van der Waals surface area contributed by atoms with Crippen LogP contribution in [0.4, 0.5) is 5.13 Å². The summed E-state index contributed by atoms with van der Waals surface area (Å²) in [5.74, 6) is -0.713. The van der Waals surface area contributed by atoms with Crippen molar-refractivity contribution in [1.82, 2.24) is 14.5 Å². The predicted octanol–water partition coefficient (Wildman–Crippen LogP) is 5.30. The molecule has 0 aliphatic carbocycles. The van der Waals surface area contributed by atoms with Gasteiger partial charge in [0.25, 0.3) is 5.56 Å². The number of fused-ring (bicyclic) bond motifs is 1. The molecule has 0 bridgehead atoms. The number of nitrogens with one attached hydrogen (secondary N) is 1. The van der Waals surface area contributed by atoms with Crippen LogP contribution < -0.4 is 10.9 Å². The molecule has 4 rings (SSSR count). The normalized spacial score (nSPS) is 11.3. The van der Waals surface area contributed by atoms with Gasteiger partial charge < -0.3 is 10.1 Å². The molecule has 0 aliphatic rings. The molecule has 3 heterocycles. The maximum atomic E-state index is 13.3. The maximum Gasteiger partial charge on any atom is 0.350 e. The number of aromatic nitrogens is 3. The monoisotopic (exact) mass is 530 g/mol. The van der Waals surface area contributed by atoms with Crippen molar-refractivity contribution >= 4 is 61.5 Å². The quantitative estimate of drug-likeness (QED) is 0.325. The van der Waals surface area contributed by atoms with E-state index in [-0.39, 0.29) is 23.2 Å². The number of aryl methyl sites for hydroxylation is 2. The Bertz CT molecular complexity index is 1470. The van der Waals surface area contributed by atoms with Crippen LogP contribution in [-0.2, 0) is 16.1 Å². The van der Waals surface area contributed by atoms with Gasteiger partial charge in [-0.2, -0.15) is 0 Å². The van der Waals surface area contributed by atoms with E-state index in [1.165, 1.54) is 22.2 Å². The number of nitrogens with zero attached hydrogens (tertiary/aromatic N) is 3. The third-order valence-electron chi connectivity index (χ3n) is 5.08. The molecule has 0 radical (unpaired) electrons. The second-order valence-corrected chi connectivity index (χ2v) is 11.0. The van der Waals surface area contributed by atoms with E-state index in [1.54, 1.807) is 19.1 Å². The number of thiazole rings is 1. The average molecular weight is 531 g/mol. The number of anilines is 1. The molecule has 1 N–H and O–H groups in total. The number of carbonyl (C=O) groups is 2. The second-order valence-electron chi connectivity index (χ2n) is 8.37. The van der Waals surface area contributed by atoms with Gasteiger partial charge in [0.05, 0.1) is 24.0 Å². The third-order valence-corrected chi connectivity index (χ3v) is 7.40. The van der Waals surface area contributed by atoms with E-state index in [1.807, 2.05) is 32.9 Å². The number of thiophene rings is 1. The van der Waals surface area contributed by atoms with Gasteiger partial charge in [-0.05, 0) is 37.5 Å². The van der Waals surface area contributed by atoms with Crippen molar-refractivity contribution < 1.29 is 14.3 Å². The van der Waals surface area contributed by atoms with Gasteiger partial charge in [-0.3, -0.25) is 14.2 Å². The summed E-state index contributed by atoms with van der Waals surface area (Å²) in [5.41, 5.74) is 1.80. The van der Waals surface area contributed by atoms with Crippen LogP contribution >= 0.6 is 34.3 Å². The molecule has 0 fully saturated rings. The summed E-state index contributed by atoms with van der Waals surface area (Å²) in [4.78, 5) is 48.8. The van der Waals surface area contributed by atoms with Crippen LogP contribution in [-0.4, -0.2) is 33.0 Å². The topological polar surface area (TPSA) is 103 Å². The van der Waals surface area contributed by atoms with Crippen molar-refractivity contribution in [2.45, 2.75) is 34.2 Å². The van der Waals surface area contributed by atoms with Gasteiger partial charge in [0.1, 0.15) is 16.3 Å². The molecule has 182 valence electrons. The third kappa shape index (κ3) is 5.44. The lowest BCUT2D eigenvalue weighted by Crippen LogP contribution is -2.27. The number of benzene rings is 1. The molecular weight excluding hydrogens is 508 g/mol. The lowest BCUT2D eigenvalue weighted by atomic mass is 10.0. The van der Waals surface area contributed by atoms with Crippen molar-refractivity contribution in [2.75, 3.05) is 11.9 Å². The smallest absolute Gasteiger partial charge is 0.350 e. The fourth-order valence-electron chi connectivity index (χ4n) is 3.47. The Labute approximate surface area is 214 Å². The molecule has 1 aromatic carbocycles. The number of halogens is 1. The molecule has 1 amide bonds. The van der Waals surface area contributed by atoms with Gasteiger partial charge in [0, 0.05) is 15.5 Å². The van der Waals surface area contributed by atoms with Gasteiger partial charge in [0.15, 0.2) is 5.13 Å². The van der Waals surface area contributed by atoms with Gasteiger partial charge in [0.2, 0.25) is 5.91 Å². The van der Waals surface area contributed by atoms with Crippen LogP contribution in [0.15, 0.2) is 35.4 Å². The molecule has 0 unspecified atom stereocenters. The molecule has 35 heavy (non-hydrogen) atoms. The lowest BCUT2D eigenvalue weighted by Gasteiger charge is -2.07. The molecule has 0 atom stereocenters. The summed E-state index contributed by atoms with van der Waals surface area (Å²) in [7, 11) is 0. The Morgan fingerprint density at radius 3 is 2.57 bits per heavy atom. The van der Waals surface area contributed by atoms with Crippen molar-refractivity contribution in [2.24, 2.45) is 5.92 Å². The lowest BCUT2D eigenvalue weighted by molar-refractivity contribution is -0.116. The highest BCUT2D eigenvalue weighted by Gasteiger charge is 2.20. The van der Waals surface area contributed by atoms with Crippen LogP contribution in [0.3, 0.4) is 0 Å². The SMILES string of the molecule is Cc1nc(NC(=O)Cn2cnc3sc(C)c(-c4ccc(Cl)cc4)c3c2=O)sc1C(=O)OCC(C)C. The molecule has 0 spiro atoms. The highest BCUT2D eigenvalue weighted by atomic mass is 35.5.